The van der Waals surface area contributed by atoms with E-state index < -0.39 is 29.8 Å². The first-order chi connectivity index (χ1) is 12.1. The molecule has 26 heavy (non-hydrogen) atoms. The number of benzene rings is 1. The van der Waals surface area contributed by atoms with E-state index in [9.17, 15) is 27.8 Å². The van der Waals surface area contributed by atoms with E-state index in [1.165, 1.54) is 30.3 Å². The van der Waals surface area contributed by atoms with Gasteiger partial charge in [-0.25, -0.2) is 4.39 Å². The first kappa shape index (κ1) is 22.1. The second-order valence-electron chi connectivity index (χ2n) is 6.05. The molecule has 144 valence electrons. The van der Waals surface area contributed by atoms with Crippen molar-refractivity contribution in [2.24, 2.45) is 0 Å². The van der Waals surface area contributed by atoms with Crippen LogP contribution in [0.5, 0.6) is 0 Å². The van der Waals surface area contributed by atoms with Crippen LogP contribution in [0.15, 0.2) is 59.2 Å². The Hall–Kier alpha value is -1.92. The minimum Gasteiger partial charge on any atom is -0.368 e. The lowest BCUT2D eigenvalue weighted by Gasteiger charge is -2.21. The van der Waals surface area contributed by atoms with Gasteiger partial charge in [0.05, 0.1) is 5.57 Å². The average Bonchev–Trinajstić information content (AvgIpc) is 2.56. The van der Waals surface area contributed by atoms with Gasteiger partial charge in [0, 0.05) is 12.3 Å². The smallest absolute Gasteiger partial charge is 0.368 e. The van der Waals surface area contributed by atoms with E-state index in [0.29, 0.717) is 17.6 Å². The van der Waals surface area contributed by atoms with Crippen LogP contribution in [-0.4, -0.2) is 22.7 Å². The van der Waals surface area contributed by atoms with Gasteiger partial charge in [0.15, 0.2) is 6.29 Å². The normalized spacial score (nSPS) is 15.5. The third-order valence-electron chi connectivity index (χ3n) is 4.06. The molecule has 0 saturated heterocycles. The number of alkyl halides is 3. The average molecular weight is 372 g/mol. The molecule has 0 saturated carbocycles. The molecule has 0 radical (unpaired) electrons. The zero-order valence-electron chi connectivity index (χ0n) is 15.0. The van der Waals surface area contributed by atoms with E-state index in [-0.39, 0.29) is 12.0 Å². The maximum atomic E-state index is 13.4. The van der Waals surface area contributed by atoms with Crippen molar-refractivity contribution in [1.29, 1.82) is 0 Å². The summed E-state index contributed by atoms with van der Waals surface area (Å²) in [6, 6.07) is 5.24. The Kier molecular flexibility index (Phi) is 8.24. The van der Waals surface area contributed by atoms with E-state index in [2.05, 4.69) is 0 Å². The summed E-state index contributed by atoms with van der Waals surface area (Å²) in [6.07, 6.45) is -2.39. The molecule has 0 aliphatic rings. The molecule has 1 unspecified atom stereocenters. The molecule has 0 aliphatic carbocycles. The summed E-state index contributed by atoms with van der Waals surface area (Å²) in [5, 5.41) is 18.7. The van der Waals surface area contributed by atoms with Crippen LogP contribution < -0.4 is 0 Å². The van der Waals surface area contributed by atoms with Gasteiger partial charge in [-0.15, -0.1) is 0 Å². The maximum absolute atomic E-state index is 13.4. The number of halogens is 4. The summed E-state index contributed by atoms with van der Waals surface area (Å²) in [6.45, 7) is 4.96. The summed E-state index contributed by atoms with van der Waals surface area (Å²) in [5.41, 5.74) is 0.535. The highest BCUT2D eigenvalue weighted by atomic mass is 19.4. The maximum Gasteiger partial charge on any atom is 0.416 e. The molecule has 0 fully saturated rings. The highest BCUT2D eigenvalue weighted by Crippen LogP contribution is 2.35. The molecule has 1 rings (SSSR count). The van der Waals surface area contributed by atoms with Crippen LogP contribution in [0.4, 0.5) is 17.6 Å². The van der Waals surface area contributed by atoms with Gasteiger partial charge < -0.3 is 10.2 Å². The number of allylic oxidation sites excluding steroid dienone is 6. The third-order valence-corrected chi connectivity index (χ3v) is 4.06. The molecule has 0 spiro atoms. The Morgan fingerprint density at radius 2 is 1.69 bits per heavy atom. The summed E-state index contributed by atoms with van der Waals surface area (Å²) >= 11 is 0. The van der Waals surface area contributed by atoms with Gasteiger partial charge in [0.1, 0.15) is 5.82 Å². The predicted octanol–water partition coefficient (Wildman–Crippen LogP) is 5.40. The Bertz CT molecular complexity index is 668. The number of aliphatic hydroxyl groups is 2. The molecule has 0 heterocycles. The van der Waals surface area contributed by atoms with Crippen LogP contribution in [0.3, 0.4) is 0 Å². The summed E-state index contributed by atoms with van der Waals surface area (Å²) < 4.78 is 53.4. The number of hydrogen-bond donors (Lipinski definition) is 2. The minimum atomic E-state index is -4.55. The lowest BCUT2D eigenvalue weighted by molar-refractivity contribution is -0.0883. The van der Waals surface area contributed by atoms with Crippen LogP contribution in [0.25, 0.3) is 0 Å². The third kappa shape index (κ3) is 6.77. The molecule has 0 aromatic heterocycles. The molecule has 6 heteroatoms. The molecule has 1 aromatic carbocycles. The molecule has 2 N–H and O–H groups in total. The molecular formula is C20H24F4O2. The van der Waals surface area contributed by atoms with Crippen molar-refractivity contribution in [2.75, 3.05) is 0 Å². The summed E-state index contributed by atoms with van der Waals surface area (Å²) in [7, 11) is 0. The molecule has 0 aliphatic heterocycles. The fourth-order valence-electron chi connectivity index (χ4n) is 2.51. The van der Waals surface area contributed by atoms with Crippen molar-refractivity contribution in [2.45, 2.75) is 52.0 Å². The van der Waals surface area contributed by atoms with Crippen molar-refractivity contribution in [3.8, 4) is 0 Å². The monoisotopic (exact) mass is 372 g/mol. The number of rotatable bonds is 7. The van der Waals surface area contributed by atoms with E-state index in [4.69, 9.17) is 0 Å². The van der Waals surface area contributed by atoms with Crippen LogP contribution in [0, 0.1) is 5.82 Å². The molecule has 0 bridgehead atoms. The van der Waals surface area contributed by atoms with Gasteiger partial charge in [-0.1, -0.05) is 36.8 Å². The fourth-order valence-corrected chi connectivity index (χ4v) is 2.51. The van der Waals surface area contributed by atoms with Crippen LogP contribution in [-0.2, 0) is 0 Å². The zero-order chi connectivity index (χ0) is 19.9. The highest BCUT2D eigenvalue weighted by molar-refractivity contribution is 5.41. The second-order valence-corrected chi connectivity index (χ2v) is 6.05. The molecule has 2 nitrogen and oxygen atoms in total. The zero-order valence-corrected chi connectivity index (χ0v) is 15.0. The van der Waals surface area contributed by atoms with Crippen LogP contribution in [0.1, 0.15) is 45.1 Å². The Labute approximate surface area is 151 Å². The van der Waals surface area contributed by atoms with E-state index in [1.54, 1.807) is 20.8 Å². The van der Waals surface area contributed by atoms with Gasteiger partial charge in [0.25, 0.3) is 0 Å². The van der Waals surface area contributed by atoms with Gasteiger partial charge in [-0.2, -0.15) is 13.2 Å². The number of hydrogen-bond acceptors (Lipinski definition) is 2. The minimum absolute atomic E-state index is 0.205. The SMILES string of the molecule is CC=C(C=C(C=C(C)CC)C(F)(F)F)C(CC(O)O)c1ccc(F)cc1. The first-order valence-electron chi connectivity index (χ1n) is 8.32. The summed E-state index contributed by atoms with van der Waals surface area (Å²) in [4.78, 5) is 0. The standard InChI is InChI=1S/C20H24F4O2/c1-4-13(3)10-16(20(22,23)24)11-14(5-2)18(12-19(25)26)15-6-8-17(21)9-7-15/h5-11,18-19,25-26H,4,12H2,1-3H3. The Morgan fingerprint density at radius 3 is 2.12 bits per heavy atom. The van der Waals surface area contributed by atoms with Crippen molar-refractivity contribution >= 4 is 0 Å². The lowest BCUT2D eigenvalue weighted by atomic mass is 9.86. The first-order valence-corrected chi connectivity index (χ1v) is 8.32. The predicted molar refractivity (Wildman–Crippen MR) is 93.9 cm³/mol. The van der Waals surface area contributed by atoms with Crippen LogP contribution >= 0.6 is 0 Å². The Morgan fingerprint density at radius 1 is 1.12 bits per heavy atom. The van der Waals surface area contributed by atoms with Crippen molar-refractivity contribution < 1.29 is 27.8 Å². The van der Waals surface area contributed by atoms with Gasteiger partial charge >= 0.3 is 6.18 Å². The number of aliphatic hydroxyl groups excluding tert-OH is 1. The molecule has 0 amide bonds. The lowest BCUT2D eigenvalue weighted by Crippen LogP contribution is -2.15. The van der Waals surface area contributed by atoms with Gasteiger partial charge in [-0.05, 0) is 49.6 Å². The molecular weight excluding hydrogens is 348 g/mol. The van der Waals surface area contributed by atoms with Gasteiger partial charge in [-0.3, -0.25) is 0 Å². The molecule has 1 atom stereocenters. The quantitative estimate of drug-likeness (QED) is 0.382. The van der Waals surface area contributed by atoms with Crippen molar-refractivity contribution in [1.82, 2.24) is 0 Å². The Balaban J connectivity index is 3.42. The van der Waals surface area contributed by atoms with E-state index >= 15 is 0 Å². The van der Waals surface area contributed by atoms with Crippen molar-refractivity contribution in [3.05, 3.63) is 70.6 Å². The highest BCUT2D eigenvalue weighted by Gasteiger charge is 2.33. The van der Waals surface area contributed by atoms with Crippen molar-refractivity contribution in [3.63, 3.8) is 0 Å². The summed E-state index contributed by atoms with van der Waals surface area (Å²) in [5.74, 6) is -1.19. The largest absolute Gasteiger partial charge is 0.416 e. The van der Waals surface area contributed by atoms with Crippen LogP contribution in [0.2, 0.25) is 0 Å². The second kappa shape index (κ2) is 9.69. The molecule has 1 aromatic rings. The van der Waals surface area contributed by atoms with Gasteiger partial charge in [0.2, 0.25) is 0 Å². The van der Waals surface area contributed by atoms with E-state index in [1.807, 2.05) is 0 Å². The fraction of sp³-hybridized carbons (Fsp3) is 0.400. The van der Waals surface area contributed by atoms with E-state index in [0.717, 1.165) is 12.2 Å². The topological polar surface area (TPSA) is 40.5 Å².